The molecule has 2 heterocycles. The van der Waals surface area contributed by atoms with Gasteiger partial charge in [-0.3, -0.25) is 9.69 Å². The van der Waals surface area contributed by atoms with Crippen LogP contribution in [0.25, 0.3) is 0 Å². The summed E-state index contributed by atoms with van der Waals surface area (Å²) >= 11 is 6.08. The van der Waals surface area contributed by atoms with E-state index in [2.05, 4.69) is 17.1 Å². The largest absolute Gasteiger partial charge is 0.379 e. The second kappa shape index (κ2) is 12.0. The maximum Gasteiger partial charge on any atom is 0.243 e. The predicted molar refractivity (Wildman–Crippen MR) is 137 cm³/mol. The van der Waals surface area contributed by atoms with Crippen LogP contribution in [-0.4, -0.2) is 75.9 Å². The van der Waals surface area contributed by atoms with Gasteiger partial charge in [-0.25, -0.2) is 8.42 Å². The van der Waals surface area contributed by atoms with Crippen LogP contribution in [-0.2, 0) is 14.8 Å². The monoisotopic (exact) mass is 519 g/mol. The van der Waals surface area contributed by atoms with Crippen LogP contribution in [0, 0.1) is 5.92 Å². The zero-order valence-electron chi connectivity index (χ0n) is 20.2. The zero-order chi connectivity index (χ0) is 24.8. The summed E-state index contributed by atoms with van der Waals surface area (Å²) in [6, 6.07) is 14.3. The lowest BCUT2D eigenvalue weighted by Gasteiger charge is -2.35. The Morgan fingerprint density at radius 1 is 1.09 bits per heavy atom. The van der Waals surface area contributed by atoms with Gasteiger partial charge in [0.1, 0.15) is 0 Å². The molecule has 2 aliphatic rings. The van der Waals surface area contributed by atoms with Crippen molar-refractivity contribution in [2.45, 2.75) is 30.7 Å². The topological polar surface area (TPSA) is 79.0 Å². The molecule has 0 bridgehead atoms. The summed E-state index contributed by atoms with van der Waals surface area (Å²) in [5.41, 5.74) is 1.53. The molecule has 4 rings (SSSR count). The molecular formula is C26H34ClN3O4S. The number of ketones is 1. The first-order valence-electron chi connectivity index (χ1n) is 12.3. The molecule has 1 N–H and O–H groups in total. The highest BCUT2D eigenvalue weighted by Gasteiger charge is 2.28. The summed E-state index contributed by atoms with van der Waals surface area (Å²) in [5, 5.41) is 3.98. The molecule has 0 aliphatic carbocycles. The van der Waals surface area contributed by atoms with Gasteiger partial charge in [0.15, 0.2) is 5.78 Å². The molecule has 0 spiro atoms. The number of Topliss-reactive ketones (excluding diaryl/α,β-unsaturated/α-hetero) is 1. The van der Waals surface area contributed by atoms with Crippen LogP contribution in [0.1, 0.15) is 41.7 Å². The van der Waals surface area contributed by atoms with E-state index in [1.807, 2.05) is 24.3 Å². The van der Waals surface area contributed by atoms with E-state index in [0.717, 1.165) is 31.5 Å². The van der Waals surface area contributed by atoms with E-state index in [1.54, 1.807) is 18.2 Å². The van der Waals surface area contributed by atoms with Crippen molar-refractivity contribution in [1.82, 2.24) is 14.5 Å². The number of sulfonamides is 1. The average molecular weight is 520 g/mol. The van der Waals surface area contributed by atoms with E-state index >= 15 is 0 Å². The van der Waals surface area contributed by atoms with E-state index in [9.17, 15) is 13.2 Å². The number of carbonyl (C=O) groups is 1. The first-order chi connectivity index (χ1) is 16.8. The van der Waals surface area contributed by atoms with Gasteiger partial charge in [0.2, 0.25) is 10.0 Å². The molecule has 1 atom stereocenters. The normalized spacial score (nSPS) is 19.5. The fourth-order valence-corrected chi connectivity index (χ4v) is 6.30. The fourth-order valence-electron chi connectivity index (χ4n) is 4.66. The number of halogens is 1. The van der Waals surface area contributed by atoms with Crippen molar-refractivity contribution in [3.63, 3.8) is 0 Å². The van der Waals surface area contributed by atoms with Gasteiger partial charge < -0.3 is 10.1 Å². The molecule has 2 saturated heterocycles. The Balaban J connectivity index is 1.40. The summed E-state index contributed by atoms with van der Waals surface area (Å²) in [6.07, 6.45) is 1.72. The molecule has 0 aromatic heterocycles. The summed E-state index contributed by atoms with van der Waals surface area (Å²) in [7, 11) is -3.60. The van der Waals surface area contributed by atoms with Crippen molar-refractivity contribution in [2.75, 3.05) is 52.5 Å². The molecule has 9 heteroatoms. The van der Waals surface area contributed by atoms with Crippen molar-refractivity contribution < 1.29 is 17.9 Å². The summed E-state index contributed by atoms with van der Waals surface area (Å²) < 4.78 is 33.2. The Hall–Kier alpha value is -1.81. The molecule has 2 aromatic carbocycles. The molecule has 1 unspecified atom stereocenters. The number of morpholine rings is 1. The van der Waals surface area contributed by atoms with E-state index in [-0.39, 0.29) is 23.3 Å². The molecular weight excluding hydrogens is 486 g/mol. The Morgan fingerprint density at radius 2 is 1.77 bits per heavy atom. The first-order valence-corrected chi connectivity index (χ1v) is 14.1. The second-order valence-corrected chi connectivity index (χ2v) is 11.8. The quantitative estimate of drug-likeness (QED) is 0.510. The third-order valence-electron chi connectivity index (χ3n) is 6.90. The van der Waals surface area contributed by atoms with Crippen LogP contribution in [0.3, 0.4) is 0 Å². The fraction of sp³-hybridized carbons (Fsp3) is 0.500. The third-order valence-corrected chi connectivity index (χ3v) is 9.05. The number of benzene rings is 2. The summed E-state index contributed by atoms with van der Waals surface area (Å²) in [6.45, 7) is 6.90. The number of hydrogen-bond acceptors (Lipinski definition) is 6. The Labute approximate surface area is 213 Å². The Bertz CT molecular complexity index is 1100. The Kier molecular flexibility index (Phi) is 8.97. The molecule has 0 radical (unpaired) electrons. The molecule has 2 aromatic rings. The van der Waals surface area contributed by atoms with Crippen molar-refractivity contribution in [2.24, 2.45) is 5.92 Å². The van der Waals surface area contributed by atoms with E-state index in [0.29, 0.717) is 49.4 Å². The van der Waals surface area contributed by atoms with Crippen LogP contribution in [0.15, 0.2) is 53.4 Å². The summed E-state index contributed by atoms with van der Waals surface area (Å²) in [4.78, 5) is 15.5. The maximum atomic E-state index is 13.1. The van der Waals surface area contributed by atoms with Gasteiger partial charge in [-0.05, 0) is 48.6 Å². The van der Waals surface area contributed by atoms with Gasteiger partial charge in [-0.2, -0.15) is 4.31 Å². The molecule has 2 fully saturated rings. The number of ether oxygens (including phenoxy) is 1. The lowest BCUT2D eigenvalue weighted by Crippen LogP contribution is -2.43. The van der Waals surface area contributed by atoms with E-state index < -0.39 is 10.0 Å². The van der Waals surface area contributed by atoms with Crippen molar-refractivity contribution in [1.29, 1.82) is 0 Å². The second-order valence-electron chi connectivity index (χ2n) is 9.38. The van der Waals surface area contributed by atoms with Crippen molar-refractivity contribution in [3.8, 4) is 0 Å². The van der Waals surface area contributed by atoms with Gasteiger partial charge in [0, 0.05) is 49.4 Å². The third kappa shape index (κ3) is 6.70. The first kappa shape index (κ1) is 26.3. The lowest BCUT2D eigenvalue weighted by atomic mass is 10.0. The SMILES string of the molecule is CC1CCN(S(=O)(=O)c2cccc(C(=O)CNCC(c3ccc(Cl)cc3)N3CCOCC3)c2)CC1. The van der Waals surface area contributed by atoms with Crippen molar-refractivity contribution in [3.05, 3.63) is 64.7 Å². The zero-order valence-corrected chi connectivity index (χ0v) is 21.7. The average Bonchev–Trinajstić information content (AvgIpc) is 2.88. The van der Waals surface area contributed by atoms with Crippen LogP contribution < -0.4 is 5.32 Å². The van der Waals surface area contributed by atoms with Gasteiger partial charge in [-0.1, -0.05) is 42.8 Å². The number of piperidine rings is 1. The van der Waals surface area contributed by atoms with E-state index in [4.69, 9.17) is 16.3 Å². The molecule has 2 aliphatic heterocycles. The maximum absolute atomic E-state index is 13.1. The van der Waals surface area contributed by atoms with E-state index in [1.165, 1.54) is 10.4 Å². The van der Waals surface area contributed by atoms with Crippen LogP contribution in [0.4, 0.5) is 0 Å². The summed E-state index contributed by atoms with van der Waals surface area (Å²) in [5.74, 6) is 0.403. The highest BCUT2D eigenvalue weighted by Crippen LogP contribution is 2.25. The minimum Gasteiger partial charge on any atom is -0.379 e. The highest BCUT2D eigenvalue weighted by molar-refractivity contribution is 7.89. The molecule has 7 nitrogen and oxygen atoms in total. The number of nitrogens with zero attached hydrogens (tertiary/aromatic N) is 2. The number of nitrogens with one attached hydrogen (secondary N) is 1. The minimum absolute atomic E-state index is 0.0807. The minimum atomic E-state index is -3.60. The highest BCUT2D eigenvalue weighted by atomic mass is 35.5. The molecule has 0 amide bonds. The van der Waals surface area contributed by atoms with Gasteiger partial charge in [0.05, 0.1) is 24.7 Å². The van der Waals surface area contributed by atoms with Gasteiger partial charge in [0.25, 0.3) is 0 Å². The smallest absolute Gasteiger partial charge is 0.243 e. The molecule has 35 heavy (non-hydrogen) atoms. The molecule has 0 saturated carbocycles. The number of rotatable bonds is 9. The van der Waals surface area contributed by atoms with Crippen LogP contribution >= 0.6 is 11.6 Å². The molecule has 190 valence electrons. The van der Waals surface area contributed by atoms with Gasteiger partial charge in [-0.15, -0.1) is 0 Å². The standard InChI is InChI=1S/C26H34ClN3O4S/c1-20-9-11-30(12-10-20)35(32,33)24-4-2-3-22(17-24)26(31)19-28-18-25(29-13-15-34-16-14-29)21-5-7-23(27)8-6-21/h2-8,17,20,25,28H,9-16,18-19H2,1H3. The van der Waals surface area contributed by atoms with Crippen LogP contribution in [0.5, 0.6) is 0 Å². The van der Waals surface area contributed by atoms with Crippen LogP contribution in [0.2, 0.25) is 5.02 Å². The van der Waals surface area contributed by atoms with Gasteiger partial charge >= 0.3 is 0 Å². The van der Waals surface area contributed by atoms with Crippen molar-refractivity contribution >= 4 is 27.4 Å². The predicted octanol–water partition coefficient (Wildman–Crippen LogP) is 3.61. The Morgan fingerprint density at radius 3 is 2.46 bits per heavy atom. The lowest BCUT2D eigenvalue weighted by molar-refractivity contribution is 0.0162. The number of hydrogen-bond donors (Lipinski definition) is 1. The number of carbonyl (C=O) groups excluding carboxylic acids is 1.